The number of nitrogens with zero attached hydrogens (tertiary/aromatic N) is 1. The second-order valence-electron chi connectivity index (χ2n) is 3.55. The molecule has 1 aromatic rings. The largest absolute Gasteiger partial charge is 0.382 e. The molecule has 5 heteroatoms. The van der Waals surface area contributed by atoms with Crippen molar-refractivity contribution in [3.63, 3.8) is 0 Å². The fraction of sp³-hybridized carbons (Fsp3) is 0.545. The van der Waals surface area contributed by atoms with Gasteiger partial charge in [0.2, 0.25) is 0 Å². The minimum Gasteiger partial charge on any atom is -0.382 e. The van der Waals surface area contributed by atoms with E-state index >= 15 is 0 Å². The van der Waals surface area contributed by atoms with Crippen LogP contribution in [0.4, 0.5) is 5.69 Å². The first-order valence-corrected chi connectivity index (χ1v) is 7.35. The van der Waals surface area contributed by atoms with Crippen LogP contribution in [0.5, 0.6) is 0 Å². The standard InChI is InChI=1S/C11H16Cl2N2S/c1-8-7-9(12)15-11(13)10(8)14-5-3-4-6-16-2/h7,14H,3-6H2,1-2H3. The summed E-state index contributed by atoms with van der Waals surface area (Å²) in [6.07, 6.45) is 4.47. The number of anilines is 1. The molecule has 2 nitrogen and oxygen atoms in total. The number of hydrogen-bond acceptors (Lipinski definition) is 3. The second kappa shape index (κ2) is 7.25. The average Bonchev–Trinajstić information content (AvgIpc) is 2.20. The summed E-state index contributed by atoms with van der Waals surface area (Å²) in [5.41, 5.74) is 1.94. The number of thioether (sulfide) groups is 1. The molecule has 90 valence electrons. The highest BCUT2D eigenvalue weighted by Crippen LogP contribution is 2.26. The fourth-order valence-corrected chi connectivity index (χ4v) is 2.48. The maximum absolute atomic E-state index is 6.01. The Morgan fingerprint density at radius 2 is 2.12 bits per heavy atom. The first-order valence-electron chi connectivity index (χ1n) is 5.20. The van der Waals surface area contributed by atoms with Gasteiger partial charge >= 0.3 is 0 Å². The van der Waals surface area contributed by atoms with Crippen molar-refractivity contribution in [2.75, 3.05) is 23.9 Å². The fourth-order valence-electron chi connectivity index (χ4n) is 1.39. The molecule has 0 aliphatic rings. The molecule has 0 unspecified atom stereocenters. The van der Waals surface area contributed by atoms with Crippen LogP contribution < -0.4 is 5.32 Å². The molecule has 0 aliphatic carbocycles. The summed E-state index contributed by atoms with van der Waals surface area (Å²) < 4.78 is 0. The molecular weight excluding hydrogens is 263 g/mol. The third-order valence-corrected chi connectivity index (χ3v) is 3.38. The highest BCUT2D eigenvalue weighted by Gasteiger charge is 2.06. The third kappa shape index (κ3) is 4.40. The van der Waals surface area contributed by atoms with Gasteiger partial charge in [-0.05, 0) is 43.4 Å². The number of unbranched alkanes of at least 4 members (excludes halogenated alkanes) is 1. The summed E-state index contributed by atoms with van der Waals surface area (Å²) in [4.78, 5) is 4.01. The zero-order valence-electron chi connectivity index (χ0n) is 9.52. The number of halogens is 2. The molecule has 1 aromatic heterocycles. The Bertz CT molecular complexity index is 322. The Labute approximate surface area is 111 Å². The van der Waals surface area contributed by atoms with Crippen LogP contribution >= 0.6 is 35.0 Å². The summed E-state index contributed by atoms with van der Waals surface area (Å²) in [6.45, 7) is 2.90. The smallest absolute Gasteiger partial charge is 0.154 e. The van der Waals surface area contributed by atoms with E-state index < -0.39 is 0 Å². The predicted molar refractivity (Wildman–Crippen MR) is 75.1 cm³/mol. The maximum atomic E-state index is 6.01. The van der Waals surface area contributed by atoms with E-state index in [4.69, 9.17) is 23.2 Å². The van der Waals surface area contributed by atoms with Crippen molar-refractivity contribution < 1.29 is 0 Å². The summed E-state index contributed by atoms with van der Waals surface area (Å²) in [5, 5.41) is 4.20. The molecule has 16 heavy (non-hydrogen) atoms. The van der Waals surface area contributed by atoms with E-state index in [2.05, 4.69) is 16.6 Å². The van der Waals surface area contributed by atoms with Gasteiger partial charge in [-0.2, -0.15) is 11.8 Å². The van der Waals surface area contributed by atoms with Crippen molar-refractivity contribution >= 4 is 40.7 Å². The van der Waals surface area contributed by atoms with Gasteiger partial charge in [0, 0.05) is 6.54 Å². The maximum Gasteiger partial charge on any atom is 0.154 e. The summed E-state index contributed by atoms with van der Waals surface area (Å²) in [5.74, 6) is 1.20. The molecule has 0 amide bonds. The molecule has 1 heterocycles. The molecule has 0 saturated carbocycles. The first kappa shape index (κ1) is 13.9. The summed E-state index contributed by atoms with van der Waals surface area (Å²) in [7, 11) is 0. The van der Waals surface area contributed by atoms with Gasteiger partial charge in [-0.1, -0.05) is 23.2 Å². The number of hydrogen-bond donors (Lipinski definition) is 1. The third-order valence-electron chi connectivity index (χ3n) is 2.22. The van der Waals surface area contributed by atoms with Crippen LogP contribution in [0, 0.1) is 6.92 Å². The van der Waals surface area contributed by atoms with E-state index in [1.807, 2.05) is 24.8 Å². The zero-order chi connectivity index (χ0) is 12.0. The molecule has 1 rings (SSSR count). The number of nitrogens with one attached hydrogen (secondary N) is 1. The molecule has 0 fully saturated rings. The van der Waals surface area contributed by atoms with E-state index in [0.29, 0.717) is 10.3 Å². The minimum absolute atomic E-state index is 0.440. The van der Waals surface area contributed by atoms with Crippen molar-refractivity contribution in [3.8, 4) is 0 Å². The highest BCUT2D eigenvalue weighted by molar-refractivity contribution is 7.98. The Kier molecular flexibility index (Phi) is 6.32. The molecule has 0 spiro atoms. The van der Waals surface area contributed by atoms with Crippen LogP contribution in [0.1, 0.15) is 18.4 Å². The molecule has 0 aromatic carbocycles. The van der Waals surface area contributed by atoms with E-state index in [1.54, 1.807) is 0 Å². The van der Waals surface area contributed by atoms with E-state index in [0.717, 1.165) is 24.2 Å². The van der Waals surface area contributed by atoms with Crippen LogP contribution in [-0.4, -0.2) is 23.5 Å². The van der Waals surface area contributed by atoms with Crippen LogP contribution in [0.2, 0.25) is 10.3 Å². The lowest BCUT2D eigenvalue weighted by molar-refractivity contribution is 0.842. The normalized spacial score (nSPS) is 10.5. The van der Waals surface area contributed by atoms with Crippen LogP contribution in [0.15, 0.2) is 6.07 Å². The van der Waals surface area contributed by atoms with Crippen LogP contribution in [0.3, 0.4) is 0 Å². The van der Waals surface area contributed by atoms with Gasteiger partial charge in [0.05, 0.1) is 5.69 Å². The average molecular weight is 279 g/mol. The molecule has 0 atom stereocenters. The van der Waals surface area contributed by atoms with Crippen LogP contribution in [0.25, 0.3) is 0 Å². The Morgan fingerprint density at radius 1 is 1.38 bits per heavy atom. The summed E-state index contributed by atoms with van der Waals surface area (Å²) >= 11 is 13.7. The van der Waals surface area contributed by atoms with Gasteiger partial charge in [0.1, 0.15) is 5.15 Å². The molecule has 1 N–H and O–H groups in total. The first-order chi connectivity index (χ1) is 7.65. The minimum atomic E-state index is 0.440. The lowest BCUT2D eigenvalue weighted by atomic mass is 10.2. The molecular formula is C11H16Cl2N2S. The van der Waals surface area contributed by atoms with Gasteiger partial charge in [-0.15, -0.1) is 0 Å². The second-order valence-corrected chi connectivity index (χ2v) is 5.29. The molecule has 0 radical (unpaired) electrons. The zero-order valence-corrected chi connectivity index (χ0v) is 11.8. The van der Waals surface area contributed by atoms with Crippen LogP contribution in [-0.2, 0) is 0 Å². The van der Waals surface area contributed by atoms with Crippen molar-refractivity contribution in [1.29, 1.82) is 0 Å². The number of pyridine rings is 1. The van der Waals surface area contributed by atoms with Gasteiger partial charge in [-0.3, -0.25) is 0 Å². The van der Waals surface area contributed by atoms with Gasteiger partial charge in [0.15, 0.2) is 5.15 Å². The molecule has 0 saturated heterocycles. The number of aromatic nitrogens is 1. The van der Waals surface area contributed by atoms with Crippen molar-refractivity contribution in [1.82, 2.24) is 4.98 Å². The summed E-state index contributed by atoms with van der Waals surface area (Å²) in [6, 6.07) is 1.82. The van der Waals surface area contributed by atoms with Crippen molar-refractivity contribution in [3.05, 3.63) is 21.9 Å². The Hall–Kier alpha value is -0.120. The van der Waals surface area contributed by atoms with E-state index in [-0.39, 0.29) is 0 Å². The number of rotatable bonds is 6. The predicted octanol–water partition coefficient (Wildman–Crippen LogP) is 4.25. The van der Waals surface area contributed by atoms with Crippen molar-refractivity contribution in [2.45, 2.75) is 19.8 Å². The highest BCUT2D eigenvalue weighted by atomic mass is 35.5. The SMILES string of the molecule is CSCCCCNc1c(C)cc(Cl)nc1Cl. The van der Waals surface area contributed by atoms with E-state index in [1.165, 1.54) is 12.2 Å². The Morgan fingerprint density at radius 3 is 2.75 bits per heavy atom. The van der Waals surface area contributed by atoms with E-state index in [9.17, 15) is 0 Å². The quantitative estimate of drug-likeness (QED) is 0.622. The lowest BCUT2D eigenvalue weighted by Crippen LogP contribution is -2.05. The molecule has 0 aliphatic heterocycles. The van der Waals surface area contributed by atoms with Gasteiger partial charge in [0.25, 0.3) is 0 Å². The number of aryl methyl sites for hydroxylation is 1. The van der Waals surface area contributed by atoms with Gasteiger partial charge < -0.3 is 5.32 Å². The van der Waals surface area contributed by atoms with Crippen molar-refractivity contribution in [2.24, 2.45) is 0 Å². The topological polar surface area (TPSA) is 24.9 Å². The molecule has 0 bridgehead atoms. The van der Waals surface area contributed by atoms with Gasteiger partial charge in [-0.25, -0.2) is 4.98 Å². The Balaban J connectivity index is 2.47. The lowest BCUT2D eigenvalue weighted by Gasteiger charge is -2.10. The monoisotopic (exact) mass is 278 g/mol.